The van der Waals surface area contributed by atoms with E-state index in [1.165, 1.54) is 6.07 Å². The molecule has 1 aromatic heterocycles. The molecule has 0 radical (unpaired) electrons. The largest absolute Gasteiger partial charge is 0.345 e. The van der Waals surface area contributed by atoms with Crippen LogP contribution in [-0.4, -0.2) is 25.3 Å². The van der Waals surface area contributed by atoms with Crippen molar-refractivity contribution < 1.29 is 17.0 Å². The first-order valence-corrected chi connectivity index (χ1v) is 7.30. The Hall–Kier alpha value is -1.40. The molecule has 1 aromatic carbocycles. The van der Waals surface area contributed by atoms with E-state index in [-0.39, 0.29) is 5.82 Å². The van der Waals surface area contributed by atoms with Crippen molar-refractivity contribution in [2.24, 2.45) is 0 Å². The molecule has 6 heteroatoms. The Morgan fingerprint density at radius 1 is 1.39 bits per heavy atom. The van der Waals surface area contributed by atoms with E-state index < -0.39 is 16.2 Å². The van der Waals surface area contributed by atoms with Gasteiger partial charge in [-0.2, -0.15) is 8.42 Å². The van der Waals surface area contributed by atoms with Crippen LogP contribution in [-0.2, 0) is 20.8 Å². The Kier molecular flexibility index (Phi) is 3.41. The molecule has 0 aliphatic rings. The Balaban J connectivity index is 2.25. The maximum Gasteiger partial charge on any atom is 0.264 e. The third kappa shape index (κ3) is 2.88. The molecule has 2 rings (SSSR count). The molecule has 0 aliphatic carbocycles. The third-order valence-corrected chi connectivity index (χ3v) is 3.23. The van der Waals surface area contributed by atoms with Gasteiger partial charge in [-0.3, -0.25) is 4.18 Å². The van der Waals surface area contributed by atoms with Gasteiger partial charge < -0.3 is 4.57 Å². The maximum absolute atomic E-state index is 13.5. The lowest BCUT2D eigenvalue weighted by atomic mass is 10.2. The van der Waals surface area contributed by atoms with E-state index in [0.29, 0.717) is 11.9 Å². The molecule has 0 saturated heterocycles. The van der Waals surface area contributed by atoms with Gasteiger partial charge in [-0.05, 0) is 25.1 Å². The second-order valence-corrected chi connectivity index (χ2v) is 5.85. The molecule has 0 spiro atoms. The summed E-state index contributed by atoms with van der Waals surface area (Å²) in [5, 5.41) is 0.518. The quantitative estimate of drug-likeness (QED) is 0.800. The van der Waals surface area contributed by atoms with E-state index in [1.807, 2.05) is 0 Å². The summed E-state index contributed by atoms with van der Waals surface area (Å²) in [5.41, 5.74) is 0.721. The van der Waals surface area contributed by atoms with Gasteiger partial charge in [-0.15, -0.1) is 0 Å². The molecule has 2 aromatic rings. The fourth-order valence-electron chi connectivity index (χ4n) is 1.95. The Morgan fingerprint density at radius 2 is 2.11 bits per heavy atom. The molecule has 1 heterocycles. The summed E-state index contributed by atoms with van der Waals surface area (Å²) < 4.78 is 42.1. The Bertz CT molecular complexity index is 663. The van der Waals surface area contributed by atoms with Crippen molar-refractivity contribution in [1.82, 2.24) is 4.57 Å². The normalized spacial score (nSPS) is 13.9. The van der Waals surface area contributed by atoms with Crippen LogP contribution >= 0.6 is 0 Å². The first-order chi connectivity index (χ1) is 8.37. The van der Waals surface area contributed by atoms with Gasteiger partial charge in [-0.25, -0.2) is 4.39 Å². The minimum Gasteiger partial charge on any atom is -0.345 e. The molecule has 0 aliphatic heterocycles. The van der Waals surface area contributed by atoms with Crippen molar-refractivity contribution in [2.45, 2.75) is 19.6 Å². The van der Waals surface area contributed by atoms with Crippen LogP contribution in [0.1, 0.15) is 6.92 Å². The molecular weight excluding hydrogens is 257 g/mol. The van der Waals surface area contributed by atoms with Gasteiger partial charge in [-0.1, -0.05) is 6.07 Å². The summed E-state index contributed by atoms with van der Waals surface area (Å²) >= 11 is 0. The number of hydrogen-bond donors (Lipinski definition) is 0. The minimum absolute atomic E-state index is 0.289. The van der Waals surface area contributed by atoms with Gasteiger partial charge in [0.1, 0.15) is 5.82 Å². The van der Waals surface area contributed by atoms with E-state index in [1.54, 1.807) is 35.9 Å². The monoisotopic (exact) mass is 271 g/mol. The van der Waals surface area contributed by atoms with Gasteiger partial charge >= 0.3 is 0 Å². The van der Waals surface area contributed by atoms with E-state index in [4.69, 9.17) is 4.18 Å². The highest BCUT2D eigenvalue weighted by Gasteiger charge is 2.12. The average molecular weight is 271 g/mol. The molecule has 0 N–H and O–H groups in total. The Labute approximate surface area is 105 Å². The zero-order valence-corrected chi connectivity index (χ0v) is 10.9. The van der Waals surface area contributed by atoms with Gasteiger partial charge in [0.05, 0.1) is 24.4 Å². The van der Waals surface area contributed by atoms with Gasteiger partial charge in [0.2, 0.25) is 0 Å². The lowest BCUT2D eigenvalue weighted by Gasteiger charge is -2.12. The van der Waals surface area contributed by atoms with Crippen LogP contribution in [0.4, 0.5) is 4.39 Å². The first-order valence-electron chi connectivity index (χ1n) is 5.48. The standard InChI is InChI=1S/C12H14FNO3S/c1-9(17-18(2,15)16)8-14-7-6-10-11(13)4-3-5-12(10)14/h3-7,9H,8H2,1-2H3. The third-order valence-electron chi connectivity index (χ3n) is 2.55. The molecule has 1 atom stereocenters. The van der Waals surface area contributed by atoms with Crippen molar-refractivity contribution in [3.05, 3.63) is 36.3 Å². The molecule has 1 unspecified atom stereocenters. The van der Waals surface area contributed by atoms with E-state index >= 15 is 0 Å². The highest BCUT2D eigenvalue weighted by Crippen LogP contribution is 2.19. The highest BCUT2D eigenvalue weighted by molar-refractivity contribution is 7.86. The average Bonchev–Trinajstić information content (AvgIpc) is 2.60. The zero-order chi connectivity index (χ0) is 13.3. The number of nitrogens with zero attached hydrogens (tertiary/aromatic N) is 1. The molecule has 98 valence electrons. The SMILES string of the molecule is CC(Cn1ccc2c(F)cccc21)OS(C)(=O)=O. The number of benzene rings is 1. The Morgan fingerprint density at radius 3 is 2.78 bits per heavy atom. The van der Waals surface area contributed by atoms with Crippen LogP contribution in [0.2, 0.25) is 0 Å². The summed E-state index contributed by atoms with van der Waals surface area (Å²) in [5.74, 6) is -0.289. The summed E-state index contributed by atoms with van der Waals surface area (Å²) in [6.45, 7) is 2.01. The molecule has 0 amide bonds. The summed E-state index contributed by atoms with van der Waals surface area (Å²) in [7, 11) is -3.48. The number of hydrogen-bond acceptors (Lipinski definition) is 3. The van der Waals surface area contributed by atoms with Crippen LogP contribution in [0.3, 0.4) is 0 Å². The highest BCUT2D eigenvalue weighted by atomic mass is 32.2. The van der Waals surface area contributed by atoms with Crippen LogP contribution in [0.15, 0.2) is 30.5 Å². The summed E-state index contributed by atoms with van der Waals surface area (Å²) in [6, 6.07) is 6.46. The van der Waals surface area contributed by atoms with Crippen molar-refractivity contribution in [3.63, 3.8) is 0 Å². The minimum atomic E-state index is -3.48. The zero-order valence-electron chi connectivity index (χ0n) is 10.1. The molecule has 4 nitrogen and oxygen atoms in total. The van der Waals surface area contributed by atoms with Crippen LogP contribution in [0.25, 0.3) is 10.9 Å². The van der Waals surface area contributed by atoms with Crippen LogP contribution in [0, 0.1) is 5.82 Å². The molecule has 18 heavy (non-hydrogen) atoms. The second kappa shape index (κ2) is 4.70. The number of halogens is 1. The molecular formula is C12H14FNO3S. The lowest BCUT2D eigenvalue weighted by molar-refractivity contribution is 0.211. The van der Waals surface area contributed by atoms with Crippen LogP contribution < -0.4 is 0 Å². The molecule has 0 saturated carbocycles. The fourth-order valence-corrected chi connectivity index (χ4v) is 2.61. The van der Waals surface area contributed by atoms with Gasteiger partial charge in [0.25, 0.3) is 10.1 Å². The second-order valence-electron chi connectivity index (χ2n) is 4.25. The molecule has 0 bridgehead atoms. The summed E-state index contributed by atoms with van der Waals surface area (Å²) in [4.78, 5) is 0. The number of rotatable bonds is 4. The summed E-state index contributed by atoms with van der Waals surface area (Å²) in [6.07, 6.45) is 2.23. The predicted octanol–water partition coefficient (Wildman–Crippen LogP) is 2.15. The van der Waals surface area contributed by atoms with Crippen LogP contribution in [0.5, 0.6) is 0 Å². The van der Waals surface area contributed by atoms with Gasteiger partial charge in [0, 0.05) is 11.6 Å². The van der Waals surface area contributed by atoms with E-state index in [2.05, 4.69) is 0 Å². The number of fused-ring (bicyclic) bond motifs is 1. The maximum atomic E-state index is 13.5. The van der Waals surface area contributed by atoms with Crippen molar-refractivity contribution in [3.8, 4) is 0 Å². The first kappa shape index (κ1) is 13.0. The fraction of sp³-hybridized carbons (Fsp3) is 0.333. The number of aromatic nitrogens is 1. The molecule has 0 fully saturated rings. The van der Waals surface area contributed by atoms with Crippen molar-refractivity contribution in [2.75, 3.05) is 6.26 Å². The van der Waals surface area contributed by atoms with Crippen molar-refractivity contribution >= 4 is 21.0 Å². The smallest absolute Gasteiger partial charge is 0.264 e. The van der Waals surface area contributed by atoms with E-state index in [0.717, 1.165) is 11.8 Å². The van der Waals surface area contributed by atoms with Gasteiger partial charge in [0.15, 0.2) is 0 Å². The lowest BCUT2D eigenvalue weighted by Crippen LogP contribution is -2.19. The van der Waals surface area contributed by atoms with E-state index in [9.17, 15) is 12.8 Å². The van der Waals surface area contributed by atoms with Crippen molar-refractivity contribution in [1.29, 1.82) is 0 Å². The predicted molar refractivity (Wildman–Crippen MR) is 67.3 cm³/mol. The topological polar surface area (TPSA) is 48.3 Å².